The van der Waals surface area contributed by atoms with E-state index < -0.39 is 23.3 Å². The van der Waals surface area contributed by atoms with Gasteiger partial charge in [-0.25, -0.2) is 13.2 Å². The van der Waals surface area contributed by atoms with Crippen molar-refractivity contribution in [2.45, 2.75) is 70.5 Å². The fourth-order valence-electron chi connectivity index (χ4n) is 4.98. The molecule has 0 N–H and O–H groups in total. The minimum Gasteiger partial charge on any atom is -0.490 e. The van der Waals surface area contributed by atoms with Crippen molar-refractivity contribution in [2.75, 3.05) is 13.2 Å². The molecule has 0 amide bonds. The summed E-state index contributed by atoms with van der Waals surface area (Å²) in [6.07, 6.45) is 7.70. The maximum atomic E-state index is 15.0. The highest BCUT2D eigenvalue weighted by Crippen LogP contribution is 2.37. The van der Waals surface area contributed by atoms with Gasteiger partial charge in [0.05, 0.1) is 12.7 Å². The highest BCUT2D eigenvalue weighted by Gasteiger charge is 2.27. The minimum absolute atomic E-state index is 0.0268. The Morgan fingerprint density at radius 1 is 0.800 bits per heavy atom. The summed E-state index contributed by atoms with van der Waals surface area (Å²) in [4.78, 5) is 0. The lowest BCUT2D eigenvalue weighted by molar-refractivity contribution is 0.0230. The lowest BCUT2D eigenvalue weighted by Crippen LogP contribution is -2.22. The van der Waals surface area contributed by atoms with Crippen LogP contribution in [-0.2, 0) is 11.3 Å². The van der Waals surface area contributed by atoms with Gasteiger partial charge in [0.25, 0.3) is 0 Å². The van der Waals surface area contributed by atoms with Crippen LogP contribution in [0.4, 0.5) is 17.6 Å². The van der Waals surface area contributed by atoms with Crippen molar-refractivity contribution in [3.05, 3.63) is 95.6 Å². The Labute approximate surface area is 233 Å². The quantitative estimate of drug-likeness (QED) is 0.119. The summed E-state index contributed by atoms with van der Waals surface area (Å²) in [5, 5.41) is 0. The van der Waals surface area contributed by atoms with Crippen LogP contribution in [0.1, 0.15) is 68.9 Å². The van der Waals surface area contributed by atoms with Crippen LogP contribution in [0.5, 0.6) is 11.5 Å². The molecule has 7 heteroatoms. The van der Waals surface area contributed by atoms with Gasteiger partial charge >= 0.3 is 0 Å². The number of benzene rings is 3. The van der Waals surface area contributed by atoms with Gasteiger partial charge in [-0.3, -0.25) is 0 Å². The molecule has 1 saturated carbocycles. The highest BCUT2D eigenvalue weighted by atomic mass is 19.2. The summed E-state index contributed by atoms with van der Waals surface area (Å²) in [5.74, 6) is -3.59. The molecule has 0 aliphatic heterocycles. The van der Waals surface area contributed by atoms with Gasteiger partial charge in [0.15, 0.2) is 23.2 Å². The SMILES string of the molecule is C=CCCOc1ccc(-c2ccc(OCc3ccc(C4CCC(OCCCC)CC4)c(F)c3F)cc2)c(F)c1F. The third-order valence-electron chi connectivity index (χ3n) is 7.34. The Bertz CT molecular complexity index is 1270. The first-order valence-corrected chi connectivity index (χ1v) is 14.0. The Hall–Kier alpha value is -3.32. The summed E-state index contributed by atoms with van der Waals surface area (Å²) in [6.45, 7) is 6.48. The van der Waals surface area contributed by atoms with Gasteiger partial charge in [-0.2, -0.15) is 4.39 Å². The van der Waals surface area contributed by atoms with Crippen LogP contribution < -0.4 is 9.47 Å². The molecule has 214 valence electrons. The lowest BCUT2D eigenvalue weighted by Gasteiger charge is -2.29. The van der Waals surface area contributed by atoms with Crippen molar-refractivity contribution in [2.24, 2.45) is 0 Å². The Morgan fingerprint density at radius 2 is 1.55 bits per heavy atom. The molecule has 0 bridgehead atoms. The standard InChI is InChI=1S/C33H36F4O3/c1-3-5-19-38-25-12-7-22(8-13-25)27-16-11-24(30(34)31(27)35)21-40-26-14-9-23(10-15-26)28-17-18-29(33(37)32(28)36)39-20-6-4-2/h4,9-11,14-18,22,25H,2-3,5-8,12-13,19-21H2,1H3. The van der Waals surface area contributed by atoms with Crippen molar-refractivity contribution in [3.63, 3.8) is 0 Å². The normalized spacial score (nSPS) is 17.0. The molecule has 3 nitrogen and oxygen atoms in total. The van der Waals surface area contributed by atoms with Gasteiger partial charge in [0, 0.05) is 17.7 Å². The number of rotatable bonds is 13. The summed E-state index contributed by atoms with van der Waals surface area (Å²) in [6, 6.07) is 12.4. The zero-order valence-corrected chi connectivity index (χ0v) is 22.9. The summed E-state index contributed by atoms with van der Waals surface area (Å²) < 4.78 is 75.9. The number of halogens is 4. The molecule has 0 heterocycles. The smallest absolute Gasteiger partial charge is 0.201 e. The average molecular weight is 557 g/mol. The van der Waals surface area contributed by atoms with Crippen LogP contribution in [0.15, 0.2) is 61.2 Å². The molecule has 0 saturated heterocycles. The molecule has 0 unspecified atom stereocenters. The second kappa shape index (κ2) is 14.4. The lowest BCUT2D eigenvalue weighted by atomic mass is 9.82. The second-order valence-electron chi connectivity index (χ2n) is 10.1. The summed E-state index contributed by atoms with van der Waals surface area (Å²) in [5.41, 5.74) is 1.03. The first kappa shape index (κ1) is 29.7. The van der Waals surface area contributed by atoms with E-state index in [0.29, 0.717) is 23.3 Å². The second-order valence-corrected chi connectivity index (χ2v) is 10.1. The van der Waals surface area contributed by atoms with E-state index in [2.05, 4.69) is 13.5 Å². The molecule has 0 spiro atoms. The average Bonchev–Trinajstić information content (AvgIpc) is 2.97. The first-order chi connectivity index (χ1) is 19.4. The van der Waals surface area contributed by atoms with Crippen molar-refractivity contribution in [1.29, 1.82) is 0 Å². The number of hydrogen-bond acceptors (Lipinski definition) is 3. The molecule has 1 fully saturated rings. The van der Waals surface area contributed by atoms with Gasteiger partial charge in [0.2, 0.25) is 5.82 Å². The Balaban J connectivity index is 1.35. The minimum atomic E-state index is -1.06. The van der Waals surface area contributed by atoms with E-state index in [1.807, 2.05) is 0 Å². The topological polar surface area (TPSA) is 27.7 Å². The van der Waals surface area contributed by atoms with Crippen LogP contribution in [-0.4, -0.2) is 19.3 Å². The van der Waals surface area contributed by atoms with E-state index in [1.165, 1.54) is 12.1 Å². The zero-order valence-electron chi connectivity index (χ0n) is 22.9. The molecule has 0 radical (unpaired) electrons. The van der Waals surface area contributed by atoms with Gasteiger partial charge in [-0.15, -0.1) is 6.58 Å². The third-order valence-corrected chi connectivity index (χ3v) is 7.34. The van der Waals surface area contributed by atoms with Gasteiger partial charge in [-0.1, -0.05) is 43.7 Å². The van der Waals surface area contributed by atoms with Gasteiger partial charge < -0.3 is 14.2 Å². The number of unbranched alkanes of at least 4 members (excludes halogenated alkanes) is 1. The molecule has 3 aromatic carbocycles. The van der Waals surface area contributed by atoms with Crippen molar-refractivity contribution < 1.29 is 31.8 Å². The molecular formula is C33H36F4O3. The van der Waals surface area contributed by atoms with E-state index in [-0.39, 0.29) is 42.1 Å². The van der Waals surface area contributed by atoms with Crippen LogP contribution in [0.25, 0.3) is 11.1 Å². The van der Waals surface area contributed by atoms with Crippen LogP contribution in [0.3, 0.4) is 0 Å². The Morgan fingerprint density at radius 3 is 2.25 bits per heavy atom. The van der Waals surface area contributed by atoms with E-state index >= 15 is 4.39 Å². The largest absolute Gasteiger partial charge is 0.490 e. The molecule has 1 aliphatic rings. The zero-order chi connectivity index (χ0) is 28.5. The summed E-state index contributed by atoms with van der Waals surface area (Å²) in [7, 11) is 0. The fraction of sp³-hybridized carbons (Fsp3) is 0.394. The molecule has 4 rings (SSSR count). The summed E-state index contributed by atoms with van der Waals surface area (Å²) >= 11 is 0. The number of hydrogen-bond donors (Lipinski definition) is 0. The first-order valence-electron chi connectivity index (χ1n) is 14.0. The van der Waals surface area contributed by atoms with Crippen LogP contribution >= 0.6 is 0 Å². The molecular weight excluding hydrogens is 520 g/mol. The van der Waals surface area contributed by atoms with Crippen molar-refractivity contribution >= 4 is 0 Å². The van der Waals surface area contributed by atoms with E-state index in [9.17, 15) is 13.2 Å². The van der Waals surface area contributed by atoms with E-state index in [4.69, 9.17) is 14.2 Å². The molecule has 1 aliphatic carbocycles. The van der Waals surface area contributed by atoms with Crippen LogP contribution in [0.2, 0.25) is 0 Å². The maximum Gasteiger partial charge on any atom is 0.201 e. The van der Waals surface area contributed by atoms with Crippen LogP contribution in [0, 0.1) is 23.3 Å². The van der Waals surface area contributed by atoms with Gasteiger partial charge in [0.1, 0.15) is 12.4 Å². The Kier molecular flexibility index (Phi) is 10.6. The van der Waals surface area contributed by atoms with Gasteiger partial charge in [-0.05, 0) is 79.8 Å². The monoisotopic (exact) mass is 556 g/mol. The third kappa shape index (κ3) is 7.25. The number of ether oxygens (including phenoxy) is 3. The maximum absolute atomic E-state index is 15.0. The predicted octanol–water partition coefficient (Wildman–Crippen LogP) is 9.29. The van der Waals surface area contributed by atoms with Crippen molar-refractivity contribution in [3.8, 4) is 22.6 Å². The van der Waals surface area contributed by atoms with Crippen molar-refractivity contribution in [1.82, 2.24) is 0 Å². The fourth-order valence-corrected chi connectivity index (χ4v) is 4.98. The predicted molar refractivity (Wildman–Crippen MR) is 149 cm³/mol. The van der Waals surface area contributed by atoms with E-state index in [0.717, 1.165) is 45.1 Å². The molecule has 3 aromatic rings. The van der Waals surface area contributed by atoms with E-state index in [1.54, 1.807) is 42.5 Å². The molecule has 0 atom stereocenters. The molecule has 40 heavy (non-hydrogen) atoms. The molecule has 0 aromatic heterocycles. The highest BCUT2D eigenvalue weighted by molar-refractivity contribution is 5.66.